The Morgan fingerprint density at radius 3 is 2.22 bits per heavy atom. The van der Waals surface area contributed by atoms with Crippen LogP contribution in [0.1, 0.15) is 52.0 Å². The summed E-state index contributed by atoms with van der Waals surface area (Å²) in [6.45, 7) is 7.91. The first-order valence-corrected chi connectivity index (χ1v) is 9.13. The third kappa shape index (κ3) is 3.72. The maximum Gasteiger partial charge on any atom is 0.233 e. The molecule has 1 atom stereocenters. The van der Waals surface area contributed by atoms with Crippen molar-refractivity contribution in [2.24, 2.45) is 11.7 Å². The maximum absolute atomic E-state index is 13.3. The number of rotatable bonds is 5. The van der Waals surface area contributed by atoms with Crippen molar-refractivity contribution < 1.29 is 4.79 Å². The Morgan fingerprint density at radius 2 is 1.78 bits per heavy atom. The van der Waals surface area contributed by atoms with Crippen molar-refractivity contribution in [3.05, 3.63) is 34.9 Å². The predicted molar refractivity (Wildman–Crippen MR) is 96.7 cm³/mol. The fourth-order valence-corrected chi connectivity index (χ4v) is 3.91. The lowest BCUT2D eigenvalue weighted by molar-refractivity contribution is -0.139. The van der Waals surface area contributed by atoms with E-state index in [-0.39, 0.29) is 11.9 Å². The van der Waals surface area contributed by atoms with Crippen LogP contribution >= 0.6 is 11.6 Å². The van der Waals surface area contributed by atoms with Gasteiger partial charge in [0.15, 0.2) is 0 Å². The Morgan fingerprint density at radius 1 is 1.26 bits per heavy atom. The number of amides is 1. The Labute approximate surface area is 145 Å². The molecule has 2 N–H and O–H groups in total. The molecule has 0 spiro atoms. The van der Waals surface area contributed by atoms with E-state index in [2.05, 4.69) is 20.8 Å². The van der Waals surface area contributed by atoms with Crippen molar-refractivity contribution in [3.63, 3.8) is 0 Å². The van der Waals surface area contributed by atoms with Gasteiger partial charge in [0, 0.05) is 24.2 Å². The van der Waals surface area contributed by atoms with E-state index in [1.54, 1.807) is 0 Å². The Bertz CT molecular complexity index is 515. The molecule has 0 saturated carbocycles. The molecule has 1 aliphatic heterocycles. The average Bonchev–Trinajstić information content (AvgIpc) is 2.58. The first-order valence-electron chi connectivity index (χ1n) is 8.75. The Kier molecular flexibility index (Phi) is 6.10. The van der Waals surface area contributed by atoms with Gasteiger partial charge in [-0.15, -0.1) is 0 Å². The molecule has 1 aromatic carbocycles. The van der Waals surface area contributed by atoms with E-state index >= 15 is 0 Å². The number of carbonyl (C=O) groups excluding carboxylic acids is 1. The van der Waals surface area contributed by atoms with Crippen LogP contribution in [0.5, 0.6) is 0 Å². The molecule has 0 aliphatic carbocycles. The van der Waals surface area contributed by atoms with Crippen molar-refractivity contribution in [2.75, 3.05) is 13.1 Å². The van der Waals surface area contributed by atoms with Gasteiger partial charge in [-0.05, 0) is 56.2 Å². The molecule has 4 heteroatoms. The number of nitrogens with zero attached hydrogens (tertiary/aromatic N) is 1. The molecule has 128 valence electrons. The van der Waals surface area contributed by atoms with E-state index in [1.165, 1.54) is 0 Å². The first-order chi connectivity index (χ1) is 10.9. The Hall–Kier alpha value is -1.06. The van der Waals surface area contributed by atoms with Gasteiger partial charge >= 0.3 is 0 Å². The lowest BCUT2D eigenvalue weighted by atomic mass is 9.74. The topological polar surface area (TPSA) is 46.3 Å². The normalized spacial score (nSPS) is 18.0. The Balaban J connectivity index is 2.20. The number of nitrogens with two attached hydrogens (primary N) is 1. The van der Waals surface area contributed by atoms with Crippen LogP contribution in [0.2, 0.25) is 5.02 Å². The van der Waals surface area contributed by atoms with Crippen molar-refractivity contribution >= 4 is 17.5 Å². The van der Waals surface area contributed by atoms with Gasteiger partial charge in [0.05, 0.1) is 5.41 Å². The molecule has 1 amide bonds. The average molecular weight is 337 g/mol. The van der Waals surface area contributed by atoms with E-state index in [0.717, 1.165) is 44.3 Å². The smallest absolute Gasteiger partial charge is 0.233 e. The highest BCUT2D eigenvalue weighted by Crippen LogP contribution is 2.36. The highest BCUT2D eigenvalue weighted by molar-refractivity contribution is 6.30. The van der Waals surface area contributed by atoms with Crippen molar-refractivity contribution in [2.45, 2.75) is 57.9 Å². The third-order valence-corrected chi connectivity index (χ3v) is 5.84. The highest BCUT2D eigenvalue weighted by Gasteiger charge is 2.40. The van der Waals surface area contributed by atoms with Crippen LogP contribution in [0.3, 0.4) is 0 Å². The zero-order valence-electron chi connectivity index (χ0n) is 14.5. The van der Waals surface area contributed by atoms with Crippen LogP contribution < -0.4 is 5.73 Å². The fourth-order valence-electron chi connectivity index (χ4n) is 3.78. The van der Waals surface area contributed by atoms with E-state index in [9.17, 15) is 4.79 Å². The second-order valence-corrected chi connectivity index (χ2v) is 7.22. The van der Waals surface area contributed by atoms with Gasteiger partial charge in [0.2, 0.25) is 5.91 Å². The number of halogens is 1. The van der Waals surface area contributed by atoms with Gasteiger partial charge in [-0.2, -0.15) is 0 Å². The monoisotopic (exact) mass is 336 g/mol. The van der Waals surface area contributed by atoms with Crippen molar-refractivity contribution in [3.8, 4) is 0 Å². The number of carbonyl (C=O) groups is 1. The van der Waals surface area contributed by atoms with Gasteiger partial charge in [-0.3, -0.25) is 4.79 Å². The summed E-state index contributed by atoms with van der Waals surface area (Å²) in [5.74, 6) is 0.792. The minimum atomic E-state index is -0.439. The van der Waals surface area contributed by atoms with Gasteiger partial charge in [-0.25, -0.2) is 0 Å². The third-order valence-electron chi connectivity index (χ3n) is 5.58. The van der Waals surface area contributed by atoms with Crippen LogP contribution in [0.4, 0.5) is 0 Å². The zero-order chi connectivity index (χ0) is 17.0. The molecular formula is C19H29ClN2O. The van der Waals surface area contributed by atoms with Crippen LogP contribution in [0, 0.1) is 5.92 Å². The molecular weight excluding hydrogens is 308 g/mol. The molecule has 3 nitrogen and oxygen atoms in total. The minimum Gasteiger partial charge on any atom is -0.342 e. The molecule has 23 heavy (non-hydrogen) atoms. The summed E-state index contributed by atoms with van der Waals surface area (Å²) in [5.41, 5.74) is 6.65. The first kappa shape index (κ1) is 18.3. The molecule has 1 saturated heterocycles. The number of hydrogen-bond donors (Lipinski definition) is 1. The number of likely N-dealkylation sites (tertiary alicyclic amines) is 1. The lowest BCUT2D eigenvalue weighted by Gasteiger charge is -2.40. The van der Waals surface area contributed by atoms with E-state index in [0.29, 0.717) is 10.9 Å². The van der Waals surface area contributed by atoms with Gasteiger partial charge in [0.25, 0.3) is 0 Å². The summed E-state index contributed by atoms with van der Waals surface area (Å²) in [6.07, 6.45) is 3.62. The van der Waals surface area contributed by atoms with E-state index in [4.69, 9.17) is 17.3 Å². The van der Waals surface area contributed by atoms with Crippen molar-refractivity contribution in [1.82, 2.24) is 4.90 Å². The summed E-state index contributed by atoms with van der Waals surface area (Å²) in [4.78, 5) is 15.3. The van der Waals surface area contributed by atoms with Crippen LogP contribution in [0.25, 0.3) is 0 Å². The van der Waals surface area contributed by atoms with Crippen LogP contribution in [0.15, 0.2) is 24.3 Å². The number of piperidine rings is 1. The quantitative estimate of drug-likeness (QED) is 0.883. The largest absolute Gasteiger partial charge is 0.342 e. The molecule has 0 bridgehead atoms. The molecule has 1 heterocycles. The standard InChI is InChI=1S/C19H29ClN2O/c1-4-19(5-2,16-6-8-17(20)9-7-16)18(23)22-12-10-15(11-13-22)14(3)21/h6-9,14-15H,4-5,10-13,21H2,1-3H3. The molecule has 1 aromatic rings. The number of hydrogen-bond acceptors (Lipinski definition) is 2. The highest BCUT2D eigenvalue weighted by atomic mass is 35.5. The van der Waals surface area contributed by atoms with Crippen molar-refractivity contribution in [1.29, 1.82) is 0 Å². The zero-order valence-corrected chi connectivity index (χ0v) is 15.3. The number of benzene rings is 1. The summed E-state index contributed by atoms with van der Waals surface area (Å²) in [5, 5.41) is 0.708. The summed E-state index contributed by atoms with van der Waals surface area (Å²) < 4.78 is 0. The minimum absolute atomic E-state index is 0.214. The van der Waals surface area contributed by atoms with Gasteiger partial charge in [0.1, 0.15) is 0 Å². The fraction of sp³-hybridized carbons (Fsp3) is 0.632. The van der Waals surface area contributed by atoms with E-state index < -0.39 is 5.41 Å². The summed E-state index contributed by atoms with van der Waals surface area (Å²) in [7, 11) is 0. The van der Waals surface area contributed by atoms with Crippen LogP contribution in [-0.2, 0) is 10.2 Å². The second-order valence-electron chi connectivity index (χ2n) is 6.78. The van der Waals surface area contributed by atoms with E-state index in [1.807, 2.05) is 29.2 Å². The van der Waals surface area contributed by atoms with Gasteiger partial charge in [-0.1, -0.05) is 37.6 Å². The summed E-state index contributed by atoms with van der Waals surface area (Å²) >= 11 is 6.01. The predicted octanol–water partition coefficient (Wildman–Crippen LogP) is 3.98. The van der Waals surface area contributed by atoms with Crippen LogP contribution in [-0.4, -0.2) is 29.9 Å². The molecule has 1 aliphatic rings. The van der Waals surface area contributed by atoms with Gasteiger partial charge < -0.3 is 10.6 Å². The summed E-state index contributed by atoms with van der Waals surface area (Å²) in [6, 6.07) is 7.98. The second kappa shape index (κ2) is 7.67. The lowest BCUT2D eigenvalue weighted by Crippen LogP contribution is -2.50. The molecule has 0 radical (unpaired) electrons. The maximum atomic E-state index is 13.3. The molecule has 2 rings (SSSR count). The molecule has 1 fully saturated rings. The molecule has 1 unspecified atom stereocenters. The SMILES string of the molecule is CCC(CC)(C(=O)N1CCC(C(C)N)CC1)c1ccc(Cl)cc1. The molecule has 0 aromatic heterocycles.